The summed E-state index contributed by atoms with van der Waals surface area (Å²) < 4.78 is 29.0. The normalized spacial score (nSPS) is 19.0. The Morgan fingerprint density at radius 2 is 1.83 bits per heavy atom. The van der Waals surface area contributed by atoms with Crippen LogP contribution in [0.2, 0.25) is 0 Å². The smallest absolute Gasteiger partial charge is 0.311 e. The molecule has 0 radical (unpaired) electrons. The maximum Gasteiger partial charge on any atom is 0.327 e. The van der Waals surface area contributed by atoms with Gasteiger partial charge in [-0.15, -0.1) is 0 Å². The molecule has 1 N–H and O–H groups in total. The molecule has 0 spiro atoms. The molecule has 1 atom stereocenters. The van der Waals surface area contributed by atoms with Crippen molar-refractivity contribution < 1.29 is 22.2 Å². The molecule has 1 unspecified atom stereocenters. The molecule has 1 aliphatic rings. The maximum atomic E-state index is 12.0. The van der Waals surface area contributed by atoms with E-state index in [0.717, 1.165) is 10.5 Å². The second-order valence-electron chi connectivity index (χ2n) is 5.61. The van der Waals surface area contributed by atoms with Crippen molar-refractivity contribution in [2.45, 2.75) is 24.4 Å². The number of rotatable bonds is 6. The van der Waals surface area contributed by atoms with E-state index in [2.05, 4.69) is 5.32 Å². The van der Waals surface area contributed by atoms with Crippen LogP contribution in [-0.4, -0.2) is 63.6 Å². The summed E-state index contributed by atoms with van der Waals surface area (Å²) in [6.45, 7) is 1.95. The maximum absolute atomic E-state index is 12.0. The Bertz CT molecular complexity index is 717. The number of carbonyl (C=O) groups is 2. The van der Waals surface area contributed by atoms with Gasteiger partial charge in [0.05, 0.1) is 24.1 Å². The van der Waals surface area contributed by atoms with Crippen LogP contribution in [0.5, 0.6) is 0 Å². The summed E-state index contributed by atoms with van der Waals surface area (Å²) in [4.78, 5) is 26.0. The van der Waals surface area contributed by atoms with Crippen LogP contribution in [0.1, 0.15) is 12.0 Å². The average molecular weight is 355 g/mol. The fourth-order valence-corrected chi connectivity index (χ4v) is 3.18. The number of hydrogen-bond donors (Lipinski definition) is 1. The van der Waals surface area contributed by atoms with E-state index in [1.807, 2.05) is 6.92 Å². The summed E-state index contributed by atoms with van der Waals surface area (Å²) in [6, 6.07) is 5.95. The van der Waals surface area contributed by atoms with Crippen molar-refractivity contribution in [3.8, 4) is 0 Å². The monoisotopic (exact) mass is 355 g/mol. The zero-order valence-corrected chi connectivity index (χ0v) is 14.7. The molecule has 8 nitrogen and oxygen atoms in total. The number of amides is 3. The molecule has 1 aliphatic heterocycles. The predicted molar refractivity (Wildman–Crippen MR) is 86.7 cm³/mol. The van der Waals surface area contributed by atoms with Gasteiger partial charge in [0.1, 0.15) is 0 Å². The molecular weight excluding hydrogens is 334 g/mol. The molecule has 0 aliphatic carbocycles. The third-order valence-electron chi connectivity index (χ3n) is 3.83. The van der Waals surface area contributed by atoms with Crippen molar-refractivity contribution >= 4 is 22.1 Å². The first-order valence-corrected chi connectivity index (χ1v) is 8.86. The van der Waals surface area contributed by atoms with E-state index in [9.17, 15) is 18.0 Å². The Morgan fingerprint density at radius 3 is 2.46 bits per heavy atom. The lowest BCUT2D eigenvalue weighted by Crippen LogP contribution is -2.58. The van der Waals surface area contributed by atoms with Gasteiger partial charge in [0, 0.05) is 20.6 Å². The molecule has 1 heterocycles. The molecule has 1 saturated heterocycles. The average Bonchev–Trinajstić information content (AvgIpc) is 2.54. The zero-order chi connectivity index (χ0) is 17.9. The molecule has 132 valence electrons. The van der Waals surface area contributed by atoms with E-state index in [1.165, 1.54) is 24.1 Å². The molecule has 3 amide bonds. The first-order valence-electron chi connectivity index (χ1n) is 7.45. The number of urea groups is 1. The summed E-state index contributed by atoms with van der Waals surface area (Å²) in [5.74, 6) is -0.288. The van der Waals surface area contributed by atoms with E-state index in [4.69, 9.17) is 4.18 Å². The molecule has 24 heavy (non-hydrogen) atoms. The van der Waals surface area contributed by atoms with E-state index in [1.54, 1.807) is 19.2 Å². The highest BCUT2D eigenvalue weighted by atomic mass is 32.2. The van der Waals surface area contributed by atoms with E-state index < -0.39 is 22.3 Å². The van der Waals surface area contributed by atoms with Crippen LogP contribution in [0.15, 0.2) is 29.2 Å². The van der Waals surface area contributed by atoms with Crippen LogP contribution in [0.3, 0.4) is 0 Å². The second kappa shape index (κ2) is 7.29. The van der Waals surface area contributed by atoms with Crippen molar-refractivity contribution in [1.82, 2.24) is 15.1 Å². The Morgan fingerprint density at radius 1 is 1.21 bits per heavy atom. The standard InChI is InChI=1S/C15H21N3O5S/c1-11-4-6-12(7-5-11)24(21,22)23-9-8-16-13-10-14(19)18(3)15(20)17(13)2/h4-7,13,16H,8-10H2,1-3H3. The molecule has 0 aromatic heterocycles. The van der Waals surface area contributed by atoms with Crippen molar-refractivity contribution in [2.24, 2.45) is 0 Å². The van der Waals surface area contributed by atoms with E-state index in [0.29, 0.717) is 0 Å². The Kier molecular flexibility index (Phi) is 5.58. The van der Waals surface area contributed by atoms with Crippen LogP contribution < -0.4 is 5.32 Å². The minimum atomic E-state index is -3.82. The van der Waals surface area contributed by atoms with Crippen molar-refractivity contribution in [3.63, 3.8) is 0 Å². The largest absolute Gasteiger partial charge is 0.327 e. The number of benzene rings is 1. The number of carbonyl (C=O) groups excluding carboxylic acids is 2. The van der Waals surface area contributed by atoms with Gasteiger partial charge in [-0.2, -0.15) is 8.42 Å². The third kappa shape index (κ3) is 4.11. The predicted octanol–water partition coefficient (Wildman–Crippen LogP) is 0.530. The lowest BCUT2D eigenvalue weighted by Gasteiger charge is -2.36. The van der Waals surface area contributed by atoms with Crippen LogP contribution in [0.25, 0.3) is 0 Å². The second-order valence-corrected chi connectivity index (χ2v) is 7.22. The molecular formula is C15H21N3O5S. The van der Waals surface area contributed by atoms with Gasteiger partial charge in [-0.1, -0.05) is 17.7 Å². The Balaban J connectivity index is 1.85. The van der Waals surface area contributed by atoms with Crippen molar-refractivity contribution in [1.29, 1.82) is 0 Å². The molecule has 1 fully saturated rings. The Labute approximate surface area is 141 Å². The first-order chi connectivity index (χ1) is 11.2. The minimum absolute atomic E-state index is 0.0925. The third-order valence-corrected chi connectivity index (χ3v) is 5.15. The van der Waals surface area contributed by atoms with Crippen LogP contribution in [-0.2, 0) is 19.1 Å². The molecule has 1 aromatic carbocycles. The van der Waals surface area contributed by atoms with Crippen LogP contribution in [0.4, 0.5) is 4.79 Å². The van der Waals surface area contributed by atoms with Crippen LogP contribution in [0, 0.1) is 6.92 Å². The fraction of sp³-hybridized carbons (Fsp3) is 0.467. The molecule has 0 saturated carbocycles. The lowest BCUT2D eigenvalue weighted by molar-refractivity contribution is -0.131. The number of imide groups is 1. The number of nitrogens with zero attached hydrogens (tertiary/aromatic N) is 2. The first kappa shape index (κ1) is 18.4. The van der Waals surface area contributed by atoms with Gasteiger partial charge >= 0.3 is 6.03 Å². The van der Waals surface area contributed by atoms with Crippen molar-refractivity contribution in [3.05, 3.63) is 29.8 Å². The lowest BCUT2D eigenvalue weighted by atomic mass is 10.2. The van der Waals surface area contributed by atoms with E-state index >= 15 is 0 Å². The fourth-order valence-electron chi connectivity index (χ4n) is 2.27. The summed E-state index contributed by atoms with van der Waals surface area (Å²) in [5.41, 5.74) is 0.954. The van der Waals surface area contributed by atoms with Gasteiger partial charge in [0.15, 0.2) is 0 Å². The topological polar surface area (TPSA) is 96.0 Å². The quantitative estimate of drug-likeness (QED) is 0.591. The Hall–Kier alpha value is -1.97. The van der Waals surface area contributed by atoms with Crippen molar-refractivity contribution in [2.75, 3.05) is 27.2 Å². The van der Waals surface area contributed by atoms with Gasteiger partial charge in [-0.05, 0) is 19.1 Å². The molecule has 9 heteroatoms. The highest BCUT2D eigenvalue weighted by molar-refractivity contribution is 7.86. The molecule has 0 bridgehead atoms. The van der Waals surface area contributed by atoms with Gasteiger partial charge in [-0.3, -0.25) is 19.2 Å². The number of hydrogen-bond acceptors (Lipinski definition) is 6. The van der Waals surface area contributed by atoms with Gasteiger partial charge in [0.2, 0.25) is 5.91 Å². The summed E-state index contributed by atoms with van der Waals surface area (Å²) in [5, 5.41) is 2.95. The SMILES string of the molecule is Cc1ccc(S(=O)(=O)OCCNC2CC(=O)N(C)C(=O)N2C)cc1. The van der Waals surface area contributed by atoms with Crippen LogP contribution >= 0.6 is 0 Å². The van der Waals surface area contributed by atoms with E-state index in [-0.39, 0.29) is 30.4 Å². The van der Waals surface area contributed by atoms with Gasteiger partial charge in [-0.25, -0.2) is 4.79 Å². The summed E-state index contributed by atoms with van der Waals surface area (Å²) in [7, 11) is -0.818. The number of aryl methyl sites for hydroxylation is 1. The zero-order valence-electron chi connectivity index (χ0n) is 13.9. The highest BCUT2D eigenvalue weighted by Crippen LogP contribution is 2.14. The summed E-state index contributed by atoms with van der Waals surface area (Å²) in [6.07, 6.45) is -0.351. The van der Waals surface area contributed by atoms with Gasteiger partial charge < -0.3 is 4.90 Å². The van der Waals surface area contributed by atoms with Gasteiger partial charge in [0.25, 0.3) is 10.1 Å². The number of nitrogens with one attached hydrogen (secondary N) is 1. The molecule has 2 rings (SSSR count). The summed E-state index contributed by atoms with van der Waals surface area (Å²) >= 11 is 0. The molecule has 1 aromatic rings. The minimum Gasteiger partial charge on any atom is -0.311 e. The highest BCUT2D eigenvalue weighted by Gasteiger charge is 2.33.